The fourth-order valence-corrected chi connectivity index (χ4v) is 2.07. The summed E-state index contributed by atoms with van der Waals surface area (Å²) in [5, 5.41) is 14.0. The van der Waals surface area contributed by atoms with E-state index in [2.05, 4.69) is 15.1 Å². The average molecular weight is 229 g/mol. The molecule has 3 rings (SSSR count). The van der Waals surface area contributed by atoms with Crippen molar-refractivity contribution in [3.63, 3.8) is 0 Å². The van der Waals surface area contributed by atoms with Crippen molar-refractivity contribution >= 4 is 11.0 Å². The number of fused-ring (bicyclic) bond motifs is 1. The minimum Gasteiger partial charge on any atom is -0.379 e. The number of hydrogen-bond acceptors (Lipinski definition) is 5. The molecule has 1 aliphatic heterocycles. The largest absolute Gasteiger partial charge is 0.379 e. The van der Waals surface area contributed by atoms with E-state index in [4.69, 9.17) is 10.00 Å². The lowest BCUT2D eigenvalue weighted by Crippen LogP contribution is -2.22. The van der Waals surface area contributed by atoms with Crippen LogP contribution in [0.4, 0.5) is 0 Å². The SMILES string of the molecule is N#Cc1ncc2cnn(C3CCCOC3)c2n1. The van der Waals surface area contributed by atoms with Crippen LogP contribution < -0.4 is 0 Å². The Morgan fingerprint density at radius 1 is 1.47 bits per heavy atom. The number of nitriles is 1. The third-order valence-electron chi connectivity index (χ3n) is 2.92. The maximum atomic E-state index is 8.81. The van der Waals surface area contributed by atoms with Gasteiger partial charge >= 0.3 is 0 Å². The summed E-state index contributed by atoms with van der Waals surface area (Å²) in [5.41, 5.74) is 0.715. The van der Waals surface area contributed by atoms with Crippen LogP contribution >= 0.6 is 0 Å². The molecule has 0 aromatic carbocycles. The van der Waals surface area contributed by atoms with Crippen LogP contribution in [0.3, 0.4) is 0 Å². The zero-order chi connectivity index (χ0) is 11.7. The summed E-state index contributed by atoms with van der Waals surface area (Å²) < 4.78 is 7.29. The second kappa shape index (κ2) is 4.11. The molecule has 0 bridgehead atoms. The van der Waals surface area contributed by atoms with Gasteiger partial charge in [0.1, 0.15) is 6.07 Å². The normalized spacial score (nSPS) is 20.3. The highest BCUT2D eigenvalue weighted by molar-refractivity contribution is 5.73. The number of aromatic nitrogens is 4. The smallest absolute Gasteiger partial charge is 0.234 e. The van der Waals surface area contributed by atoms with Gasteiger partial charge in [-0.2, -0.15) is 15.3 Å². The van der Waals surface area contributed by atoms with Gasteiger partial charge in [0.25, 0.3) is 0 Å². The number of rotatable bonds is 1. The molecule has 0 saturated carbocycles. The molecule has 2 aromatic rings. The Morgan fingerprint density at radius 3 is 3.18 bits per heavy atom. The van der Waals surface area contributed by atoms with Crippen molar-refractivity contribution in [2.45, 2.75) is 18.9 Å². The van der Waals surface area contributed by atoms with Gasteiger partial charge in [-0.25, -0.2) is 9.67 Å². The summed E-state index contributed by atoms with van der Waals surface area (Å²) in [6.07, 6.45) is 5.42. The van der Waals surface area contributed by atoms with Crippen molar-refractivity contribution in [3.05, 3.63) is 18.2 Å². The van der Waals surface area contributed by atoms with E-state index in [-0.39, 0.29) is 11.9 Å². The molecule has 0 amide bonds. The van der Waals surface area contributed by atoms with Gasteiger partial charge in [-0.05, 0) is 12.8 Å². The van der Waals surface area contributed by atoms with Crippen LogP contribution in [0.2, 0.25) is 0 Å². The molecule has 1 saturated heterocycles. The first-order chi connectivity index (χ1) is 8.38. The molecule has 17 heavy (non-hydrogen) atoms. The molecule has 1 unspecified atom stereocenters. The Balaban J connectivity index is 2.06. The molecule has 0 aliphatic carbocycles. The van der Waals surface area contributed by atoms with Crippen LogP contribution in [0.1, 0.15) is 24.7 Å². The molecule has 1 fully saturated rings. The lowest BCUT2D eigenvalue weighted by Gasteiger charge is -2.22. The fourth-order valence-electron chi connectivity index (χ4n) is 2.07. The van der Waals surface area contributed by atoms with Crippen LogP contribution in [0.15, 0.2) is 12.4 Å². The van der Waals surface area contributed by atoms with Crippen molar-refractivity contribution in [3.8, 4) is 6.07 Å². The lowest BCUT2D eigenvalue weighted by atomic mass is 10.1. The molecule has 6 nitrogen and oxygen atoms in total. The minimum atomic E-state index is 0.177. The van der Waals surface area contributed by atoms with E-state index in [1.165, 1.54) is 0 Å². The van der Waals surface area contributed by atoms with Gasteiger partial charge in [-0.1, -0.05) is 0 Å². The van der Waals surface area contributed by atoms with Gasteiger partial charge in [0.05, 0.1) is 24.2 Å². The quantitative estimate of drug-likeness (QED) is 0.730. The molecule has 2 aromatic heterocycles. The molecular weight excluding hydrogens is 218 g/mol. The van der Waals surface area contributed by atoms with Crippen molar-refractivity contribution < 1.29 is 4.74 Å². The van der Waals surface area contributed by atoms with Gasteiger partial charge in [0.2, 0.25) is 5.82 Å². The van der Waals surface area contributed by atoms with E-state index in [1.54, 1.807) is 12.4 Å². The standard InChI is InChI=1S/C11H11N5O/c12-4-10-13-5-8-6-14-16(11(8)15-10)9-2-1-3-17-7-9/h5-6,9H,1-3,7H2. The summed E-state index contributed by atoms with van der Waals surface area (Å²) in [6, 6.07) is 2.16. The summed E-state index contributed by atoms with van der Waals surface area (Å²) >= 11 is 0. The molecule has 1 atom stereocenters. The first-order valence-electron chi connectivity index (χ1n) is 5.56. The zero-order valence-electron chi connectivity index (χ0n) is 9.20. The Bertz CT molecular complexity index is 579. The first-order valence-corrected chi connectivity index (χ1v) is 5.56. The highest BCUT2D eigenvalue weighted by Gasteiger charge is 2.19. The predicted octanol–water partition coefficient (Wildman–Crippen LogP) is 1.05. The van der Waals surface area contributed by atoms with Crippen LogP contribution in [-0.2, 0) is 4.74 Å². The number of hydrogen-bond donors (Lipinski definition) is 0. The Morgan fingerprint density at radius 2 is 2.41 bits per heavy atom. The third-order valence-corrected chi connectivity index (χ3v) is 2.92. The Labute approximate surface area is 97.8 Å². The van der Waals surface area contributed by atoms with E-state index in [9.17, 15) is 0 Å². The highest BCUT2D eigenvalue weighted by Crippen LogP contribution is 2.22. The summed E-state index contributed by atoms with van der Waals surface area (Å²) in [6.45, 7) is 1.47. The topological polar surface area (TPSA) is 76.6 Å². The summed E-state index contributed by atoms with van der Waals surface area (Å²) in [7, 11) is 0. The lowest BCUT2D eigenvalue weighted by molar-refractivity contribution is 0.0563. The zero-order valence-corrected chi connectivity index (χ0v) is 9.20. The molecule has 0 radical (unpaired) electrons. The highest BCUT2D eigenvalue weighted by atomic mass is 16.5. The average Bonchev–Trinajstić information content (AvgIpc) is 2.82. The van der Waals surface area contributed by atoms with Crippen LogP contribution in [-0.4, -0.2) is 33.0 Å². The maximum absolute atomic E-state index is 8.81. The second-order valence-electron chi connectivity index (χ2n) is 4.04. The molecule has 3 heterocycles. The van der Waals surface area contributed by atoms with Crippen LogP contribution in [0, 0.1) is 11.3 Å². The van der Waals surface area contributed by atoms with Crippen molar-refractivity contribution in [1.29, 1.82) is 5.26 Å². The molecule has 1 aliphatic rings. The van der Waals surface area contributed by atoms with E-state index in [0.29, 0.717) is 12.3 Å². The second-order valence-corrected chi connectivity index (χ2v) is 4.04. The number of nitrogens with zero attached hydrogens (tertiary/aromatic N) is 5. The number of ether oxygens (including phenoxy) is 1. The maximum Gasteiger partial charge on any atom is 0.234 e. The molecule has 0 spiro atoms. The van der Waals surface area contributed by atoms with Crippen molar-refractivity contribution in [1.82, 2.24) is 19.7 Å². The van der Waals surface area contributed by atoms with Gasteiger partial charge in [0.15, 0.2) is 5.65 Å². The summed E-state index contributed by atoms with van der Waals surface area (Å²) in [4.78, 5) is 8.13. The van der Waals surface area contributed by atoms with Gasteiger partial charge in [-0.15, -0.1) is 0 Å². The van der Waals surface area contributed by atoms with Gasteiger partial charge < -0.3 is 4.74 Å². The van der Waals surface area contributed by atoms with E-state index in [1.807, 2.05) is 10.8 Å². The monoisotopic (exact) mass is 229 g/mol. The predicted molar refractivity (Wildman–Crippen MR) is 59.1 cm³/mol. The summed E-state index contributed by atoms with van der Waals surface area (Å²) in [5.74, 6) is 0.177. The molecule has 86 valence electrons. The Kier molecular flexibility index (Phi) is 2.46. The first kappa shape index (κ1) is 10.2. The van der Waals surface area contributed by atoms with Gasteiger partial charge in [-0.3, -0.25) is 0 Å². The van der Waals surface area contributed by atoms with Crippen molar-refractivity contribution in [2.24, 2.45) is 0 Å². The Hall–Kier alpha value is -2.00. The van der Waals surface area contributed by atoms with Crippen molar-refractivity contribution in [2.75, 3.05) is 13.2 Å². The third kappa shape index (κ3) is 1.74. The van der Waals surface area contributed by atoms with E-state index in [0.717, 1.165) is 24.8 Å². The van der Waals surface area contributed by atoms with E-state index >= 15 is 0 Å². The molecule has 6 heteroatoms. The van der Waals surface area contributed by atoms with E-state index < -0.39 is 0 Å². The fraction of sp³-hybridized carbons (Fsp3) is 0.455. The molecule has 0 N–H and O–H groups in total. The van der Waals surface area contributed by atoms with Gasteiger partial charge in [0, 0.05) is 12.8 Å². The minimum absolute atomic E-state index is 0.177. The molecular formula is C11H11N5O. The van der Waals surface area contributed by atoms with Crippen LogP contribution in [0.25, 0.3) is 11.0 Å². The van der Waals surface area contributed by atoms with Crippen LogP contribution in [0.5, 0.6) is 0 Å².